The highest BCUT2D eigenvalue weighted by molar-refractivity contribution is 6.42. The van der Waals surface area contributed by atoms with E-state index < -0.39 is 0 Å². The molecule has 1 aromatic heterocycles. The number of hydrogen-bond acceptors (Lipinski definition) is 6. The van der Waals surface area contributed by atoms with Gasteiger partial charge in [-0.3, -0.25) is 4.79 Å². The number of benzene rings is 1. The minimum atomic E-state index is -0.182. The summed E-state index contributed by atoms with van der Waals surface area (Å²) in [7, 11) is 0. The second kappa shape index (κ2) is 10.0. The minimum Gasteiger partial charge on any atom is -0.372 e. The molecule has 1 saturated heterocycles. The molecule has 1 fully saturated rings. The predicted octanol–water partition coefficient (Wildman–Crippen LogP) is 1.50. The molecule has 142 valence electrons. The van der Waals surface area contributed by atoms with E-state index in [0.717, 1.165) is 18.7 Å². The summed E-state index contributed by atoms with van der Waals surface area (Å²) in [5, 5.41) is 17.9. The molecule has 8 nitrogen and oxygen atoms in total. The molecule has 1 amide bonds. The summed E-state index contributed by atoms with van der Waals surface area (Å²) >= 11 is 12.1. The third-order valence-electron chi connectivity index (χ3n) is 3.94. The Balaban J connectivity index is 0.00000243. The van der Waals surface area contributed by atoms with Crippen molar-refractivity contribution < 1.29 is 9.53 Å². The van der Waals surface area contributed by atoms with Crippen molar-refractivity contribution in [2.24, 2.45) is 5.92 Å². The number of ether oxygens (including phenoxy) is 1. The number of nitrogens with one attached hydrogen (secondary N) is 2. The third kappa shape index (κ3) is 5.52. The lowest BCUT2D eigenvalue weighted by atomic mass is 9.95. The van der Waals surface area contributed by atoms with Gasteiger partial charge in [0, 0.05) is 25.6 Å². The van der Waals surface area contributed by atoms with E-state index in [1.54, 1.807) is 6.07 Å². The van der Waals surface area contributed by atoms with E-state index in [1.165, 1.54) is 11.0 Å². The average molecular weight is 422 g/mol. The maximum Gasteiger partial charge on any atom is 0.241 e. The Bertz CT molecular complexity index is 715. The van der Waals surface area contributed by atoms with Crippen LogP contribution in [0.4, 0.5) is 0 Å². The van der Waals surface area contributed by atoms with Crippen LogP contribution in [0.25, 0.3) is 0 Å². The number of aromatic nitrogens is 4. The lowest BCUT2D eigenvalue weighted by molar-refractivity contribution is -0.122. The lowest BCUT2D eigenvalue weighted by Gasteiger charge is -2.25. The Hall–Kier alpha value is -1.45. The van der Waals surface area contributed by atoms with E-state index >= 15 is 0 Å². The number of tetrazole rings is 1. The fraction of sp³-hybridized carbons (Fsp3) is 0.467. The molecule has 1 aromatic carbocycles. The Kier molecular flexibility index (Phi) is 8.05. The van der Waals surface area contributed by atoms with Gasteiger partial charge in [-0.15, -0.1) is 17.5 Å². The first-order valence-electron chi connectivity index (χ1n) is 7.88. The quantitative estimate of drug-likeness (QED) is 0.760. The van der Waals surface area contributed by atoms with Crippen molar-refractivity contribution in [1.29, 1.82) is 0 Å². The van der Waals surface area contributed by atoms with E-state index in [-0.39, 0.29) is 36.9 Å². The highest BCUT2D eigenvalue weighted by atomic mass is 35.5. The van der Waals surface area contributed by atoms with Crippen LogP contribution < -0.4 is 10.6 Å². The van der Waals surface area contributed by atoms with E-state index in [1.807, 2.05) is 12.1 Å². The molecule has 2 aromatic rings. The number of hydrogen-bond donors (Lipinski definition) is 2. The van der Waals surface area contributed by atoms with Crippen molar-refractivity contribution in [3.63, 3.8) is 0 Å². The van der Waals surface area contributed by atoms with Crippen molar-refractivity contribution in [3.05, 3.63) is 40.1 Å². The van der Waals surface area contributed by atoms with Gasteiger partial charge in [-0.05, 0) is 28.1 Å². The second-order valence-electron chi connectivity index (χ2n) is 5.74. The molecule has 0 radical (unpaired) electrons. The number of carbonyl (C=O) groups excluding carboxylic acids is 1. The topological polar surface area (TPSA) is 94.0 Å². The van der Waals surface area contributed by atoms with Crippen LogP contribution in [-0.2, 0) is 16.1 Å². The Morgan fingerprint density at radius 2 is 2.23 bits per heavy atom. The second-order valence-corrected chi connectivity index (χ2v) is 6.56. The van der Waals surface area contributed by atoms with Crippen LogP contribution in [0.2, 0.25) is 10.0 Å². The smallest absolute Gasteiger partial charge is 0.241 e. The molecule has 0 spiro atoms. The fourth-order valence-electron chi connectivity index (χ4n) is 2.73. The molecule has 0 aliphatic carbocycles. The molecule has 1 aliphatic heterocycles. The fourth-order valence-corrected chi connectivity index (χ4v) is 3.03. The molecule has 0 unspecified atom stereocenters. The van der Waals surface area contributed by atoms with Crippen LogP contribution in [0.15, 0.2) is 24.5 Å². The first-order valence-corrected chi connectivity index (χ1v) is 8.64. The number of nitrogens with zero attached hydrogens (tertiary/aromatic N) is 4. The van der Waals surface area contributed by atoms with Crippen LogP contribution in [0, 0.1) is 5.92 Å². The minimum absolute atomic E-state index is 0. The molecule has 1 aliphatic rings. The maximum absolute atomic E-state index is 12.1. The van der Waals surface area contributed by atoms with Gasteiger partial charge in [-0.1, -0.05) is 29.3 Å². The Morgan fingerprint density at radius 1 is 1.38 bits per heavy atom. The van der Waals surface area contributed by atoms with Gasteiger partial charge >= 0.3 is 0 Å². The SMILES string of the molecule is Cl.O=C(Cn1cnnn1)NC[C@@H]1CNCCO[C@H]1c1ccc(Cl)c(Cl)c1. The van der Waals surface area contributed by atoms with Gasteiger partial charge in [0.1, 0.15) is 12.9 Å². The van der Waals surface area contributed by atoms with E-state index in [0.29, 0.717) is 23.2 Å². The van der Waals surface area contributed by atoms with E-state index in [9.17, 15) is 4.79 Å². The summed E-state index contributed by atoms with van der Waals surface area (Å²) in [6.07, 6.45) is 1.21. The molecule has 2 atom stereocenters. The normalized spacial score (nSPS) is 20.1. The first-order chi connectivity index (χ1) is 12.1. The van der Waals surface area contributed by atoms with Crippen molar-refractivity contribution in [1.82, 2.24) is 30.8 Å². The van der Waals surface area contributed by atoms with Gasteiger partial charge in [-0.2, -0.15) is 0 Å². The molecule has 2 heterocycles. The van der Waals surface area contributed by atoms with Gasteiger partial charge < -0.3 is 15.4 Å². The molecule has 3 rings (SSSR count). The van der Waals surface area contributed by atoms with Gasteiger partial charge in [0.2, 0.25) is 5.91 Å². The zero-order valence-electron chi connectivity index (χ0n) is 13.8. The van der Waals surface area contributed by atoms with Gasteiger partial charge in [0.15, 0.2) is 0 Å². The summed E-state index contributed by atoms with van der Waals surface area (Å²) in [5.41, 5.74) is 0.942. The molecule has 26 heavy (non-hydrogen) atoms. The standard InChI is InChI=1S/C15H18Cl2N6O2.ClH/c16-12-2-1-10(5-13(12)17)15-11(6-18-3-4-25-15)7-19-14(24)8-23-9-20-21-22-23;/h1-2,5,9,11,15,18H,3-4,6-8H2,(H,19,24);1H/t11-,15-;/m0./s1. The van der Waals surface area contributed by atoms with Crippen molar-refractivity contribution >= 4 is 41.5 Å². The van der Waals surface area contributed by atoms with Crippen molar-refractivity contribution in [2.45, 2.75) is 12.6 Å². The van der Waals surface area contributed by atoms with Gasteiger partial charge in [-0.25, -0.2) is 4.68 Å². The Morgan fingerprint density at radius 3 is 2.96 bits per heavy atom. The first kappa shape index (κ1) is 20.9. The van der Waals surface area contributed by atoms with Crippen LogP contribution in [-0.4, -0.2) is 52.4 Å². The Labute approximate surface area is 167 Å². The number of rotatable bonds is 5. The highest BCUT2D eigenvalue weighted by Gasteiger charge is 2.27. The lowest BCUT2D eigenvalue weighted by Crippen LogP contribution is -2.38. The maximum atomic E-state index is 12.1. The largest absolute Gasteiger partial charge is 0.372 e. The van der Waals surface area contributed by atoms with Crippen LogP contribution in [0.5, 0.6) is 0 Å². The van der Waals surface area contributed by atoms with E-state index in [2.05, 4.69) is 26.2 Å². The highest BCUT2D eigenvalue weighted by Crippen LogP contribution is 2.31. The molecule has 0 bridgehead atoms. The molecule has 2 N–H and O–H groups in total. The average Bonchev–Trinajstić information content (AvgIpc) is 2.98. The van der Waals surface area contributed by atoms with Gasteiger partial charge in [0.25, 0.3) is 0 Å². The number of carbonyl (C=O) groups is 1. The molecular weight excluding hydrogens is 403 g/mol. The summed E-state index contributed by atoms with van der Waals surface area (Å²) in [6.45, 7) is 2.59. The summed E-state index contributed by atoms with van der Waals surface area (Å²) in [6, 6.07) is 5.48. The van der Waals surface area contributed by atoms with Crippen LogP contribution in [0.1, 0.15) is 11.7 Å². The monoisotopic (exact) mass is 420 g/mol. The van der Waals surface area contributed by atoms with Crippen LogP contribution in [0.3, 0.4) is 0 Å². The van der Waals surface area contributed by atoms with Crippen molar-refractivity contribution in [3.8, 4) is 0 Å². The number of amides is 1. The molecular formula is C15H19Cl3N6O2. The summed E-state index contributed by atoms with van der Waals surface area (Å²) < 4.78 is 7.35. The van der Waals surface area contributed by atoms with E-state index in [4.69, 9.17) is 27.9 Å². The number of halogens is 3. The summed E-state index contributed by atoms with van der Waals surface area (Å²) in [4.78, 5) is 12.1. The zero-order valence-corrected chi connectivity index (χ0v) is 16.1. The zero-order chi connectivity index (χ0) is 17.6. The van der Waals surface area contributed by atoms with Crippen molar-refractivity contribution in [2.75, 3.05) is 26.2 Å². The predicted molar refractivity (Wildman–Crippen MR) is 99.6 cm³/mol. The van der Waals surface area contributed by atoms with Crippen LogP contribution >= 0.6 is 35.6 Å². The summed E-state index contributed by atoms with van der Waals surface area (Å²) in [5.74, 6) is -0.109. The molecule has 11 heteroatoms. The third-order valence-corrected chi connectivity index (χ3v) is 4.68. The van der Waals surface area contributed by atoms with Gasteiger partial charge in [0.05, 0.1) is 22.8 Å². The molecule has 0 saturated carbocycles.